The van der Waals surface area contributed by atoms with Crippen LogP contribution >= 0.6 is 34.7 Å². The summed E-state index contributed by atoms with van der Waals surface area (Å²) in [6, 6.07) is 31.3. The van der Waals surface area contributed by atoms with Crippen molar-refractivity contribution < 1.29 is 63.8 Å². The lowest BCUT2D eigenvalue weighted by Gasteiger charge is -2.44. The summed E-state index contributed by atoms with van der Waals surface area (Å²) in [5.74, 6) is -1.49. The Morgan fingerprint density at radius 3 is 2.10 bits per heavy atom. The fourth-order valence-electron chi connectivity index (χ4n) is 16.4. The minimum Gasteiger partial charge on any atom is -0.391 e. The van der Waals surface area contributed by atoms with Gasteiger partial charge in [-0.3, -0.25) is 43.6 Å². The van der Waals surface area contributed by atoms with Crippen molar-refractivity contribution in [2.24, 2.45) is 16.7 Å². The first-order valence-electron chi connectivity index (χ1n) is 39.4. The summed E-state index contributed by atoms with van der Waals surface area (Å²) < 4.78 is 105. The predicted octanol–water partition coefficient (Wildman–Crippen LogP) is 10.9. The van der Waals surface area contributed by atoms with E-state index in [1.54, 1.807) is 23.5 Å². The molecule has 1 aliphatic carbocycles. The van der Waals surface area contributed by atoms with Crippen molar-refractivity contribution in [3.63, 3.8) is 0 Å². The van der Waals surface area contributed by atoms with E-state index in [2.05, 4.69) is 64.5 Å². The van der Waals surface area contributed by atoms with Gasteiger partial charge < -0.3 is 40.5 Å². The van der Waals surface area contributed by atoms with E-state index in [0.29, 0.717) is 102 Å². The van der Waals surface area contributed by atoms with Crippen molar-refractivity contribution in [1.82, 2.24) is 49.7 Å². The normalized spacial score (nSPS) is 21.1. The van der Waals surface area contributed by atoms with Gasteiger partial charge in [0, 0.05) is 137 Å². The van der Waals surface area contributed by atoms with E-state index in [4.69, 9.17) is 16.3 Å². The minimum absolute atomic E-state index is 0.0274. The molecule has 5 aliphatic heterocycles. The quantitative estimate of drug-likeness (QED) is 0.0286. The van der Waals surface area contributed by atoms with Gasteiger partial charge in [0.1, 0.15) is 17.0 Å². The molecule has 5 fully saturated rings. The predicted molar refractivity (Wildman–Crippen MR) is 439 cm³/mol. The van der Waals surface area contributed by atoms with E-state index in [-0.39, 0.29) is 60.2 Å². The molecule has 616 valence electrons. The van der Waals surface area contributed by atoms with E-state index in [1.165, 1.54) is 39.9 Å². The lowest BCUT2D eigenvalue weighted by atomic mass is 9.71. The number of piperidine rings is 1. The number of nitrogens with zero attached hydrogens (tertiary/aromatic N) is 8. The van der Waals surface area contributed by atoms with Crippen LogP contribution in [0.3, 0.4) is 0 Å². The molecule has 31 heteroatoms. The second kappa shape index (κ2) is 37.4. The first-order valence-corrected chi connectivity index (χ1v) is 44.6. The molecule has 5 saturated heterocycles. The number of thioether (sulfide) groups is 1. The van der Waals surface area contributed by atoms with Crippen LogP contribution in [-0.4, -0.2) is 246 Å². The summed E-state index contributed by atoms with van der Waals surface area (Å²) >= 11 is 9.42. The number of β-amino-alcohol motifs (C(OH)–C–C–N with tert-alkyl or cyclic N) is 1. The maximum Gasteiger partial charge on any atom is 0.501 e. The summed E-state index contributed by atoms with van der Waals surface area (Å²) in [5.41, 5.74) is 2.35. The standard InChI is InChI=1S/C83H106ClF3N12O11S4/c1-56(59-12-14-61(15-13-59)76-57(2)88-55-112-76)89-79(104)72-47-67(100)51-99(72)80(105)77(81(3,4)5)91-74(101)52-94-31-27-58(28-32-94)46-75(102)98-40-36-96(37-41-98)54-82(6)30-26-70(60-16-20-64(84)21-17-60)63(49-82)50-95-34-38-97(39-35-95)66-22-18-62(19-23-66)78(103)92-114(108,109)69-24-25-71(73(48-69)113(106,107)83(85,86)87)90-65(29-33-93-42-44-110-45-43-93)53-111-68-10-8-7-9-11-68/h7-25,48,55-56,58,65,67,72,77,90,100H,26-47,49-54H2,1-6H3,(H,89,104)(H,91,101)(H,92,103)/t56-,65+,67+,72-,77+,82?/m0/s1. The molecule has 0 spiro atoms. The molecule has 12 rings (SSSR count). The van der Waals surface area contributed by atoms with Crippen LogP contribution in [0.2, 0.25) is 5.02 Å². The number of sulfone groups is 1. The zero-order valence-electron chi connectivity index (χ0n) is 65.6. The van der Waals surface area contributed by atoms with E-state index >= 15 is 0 Å². The molecule has 23 nitrogen and oxygen atoms in total. The Hall–Kier alpha value is -7.49. The van der Waals surface area contributed by atoms with Crippen molar-refractivity contribution in [2.45, 2.75) is 143 Å². The molecule has 6 atom stereocenters. The highest BCUT2D eigenvalue weighted by molar-refractivity contribution is 7.99. The molecule has 114 heavy (non-hydrogen) atoms. The van der Waals surface area contributed by atoms with Gasteiger partial charge in [-0.2, -0.15) is 13.2 Å². The smallest absolute Gasteiger partial charge is 0.391 e. The number of carbonyl (C=O) groups excluding carboxylic acids is 5. The Bertz CT molecular complexity index is 4610. The van der Waals surface area contributed by atoms with Crippen LogP contribution in [0.4, 0.5) is 24.5 Å². The molecule has 1 unspecified atom stereocenters. The highest BCUT2D eigenvalue weighted by Crippen LogP contribution is 2.45. The van der Waals surface area contributed by atoms with Gasteiger partial charge >= 0.3 is 5.51 Å². The second-order valence-corrected chi connectivity index (χ2v) is 38.6. The summed E-state index contributed by atoms with van der Waals surface area (Å²) in [6.07, 6.45) is 4.31. The number of ether oxygens (including phenoxy) is 1. The number of aliphatic hydroxyl groups excluding tert-OH is 1. The molecule has 5 amide bonds. The Kier molecular flexibility index (Phi) is 28.2. The molecule has 0 bridgehead atoms. The Balaban J connectivity index is 0.593. The molecule has 5 aromatic carbocycles. The molecular formula is C83H106ClF3N12O11S4. The van der Waals surface area contributed by atoms with Crippen LogP contribution in [0.5, 0.6) is 0 Å². The Morgan fingerprint density at radius 1 is 0.781 bits per heavy atom. The summed E-state index contributed by atoms with van der Waals surface area (Å²) in [7, 11) is -11.0. The number of sulfonamides is 1. The maximum absolute atomic E-state index is 14.5. The Labute approximate surface area is 681 Å². The van der Waals surface area contributed by atoms with Gasteiger partial charge in [-0.25, -0.2) is 26.5 Å². The largest absolute Gasteiger partial charge is 0.501 e. The topological polar surface area (TPSA) is 267 Å². The third-order valence-electron chi connectivity index (χ3n) is 23.0. The zero-order valence-corrected chi connectivity index (χ0v) is 69.7. The highest BCUT2D eigenvalue weighted by atomic mass is 35.5. The Morgan fingerprint density at radius 2 is 1.45 bits per heavy atom. The van der Waals surface area contributed by atoms with Crippen molar-refractivity contribution in [1.29, 1.82) is 0 Å². The monoisotopic (exact) mass is 1670 g/mol. The first-order chi connectivity index (χ1) is 54.2. The number of likely N-dealkylation sites (tertiary alicyclic amines) is 2. The van der Waals surface area contributed by atoms with Crippen LogP contribution in [0, 0.1) is 23.7 Å². The van der Waals surface area contributed by atoms with Crippen LogP contribution in [0.25, 0.3) is 16.0 Å². The van der Waals surface area contributed by atoms with Crippen molar-refractivity contribution >= 4 is 101 Å². The van der Waals surface area contributed by atoms with E-state index < -0.39 is 82.3 Å². The number of anilines is 2. The molecule has 6 aliphatic rings. The van der Waals surface area contributed by atoms with Gasteiger partial charge in [0.25, 0.3) is 25.8 Å². The van der Waals surface area contributed by atoms with Crippen LogP contribution in [0.1, 0.15) is 119 Å². The number of thiazole rings is 1. The third-order valence-corrected chi connectivity index (χ3v) is 28.2. The van der Waals surface area contributed by atoms with Crippen LogP contribution in [-0.2, 0) is 43.8 Å². The number of halogens is 4. The number of allylic oxidation sites excluding steroid dienone is 1. The average molecular weight is 1670 g/mol. The summed E-state index contributed by atoms with van der Waals surface area (Å²) in [6.45, 7) is 23.3. The summed E-state index contributed by atoms with van der Waals surface area (Å²) in [4.78, 5) is 88.9. The number of aliphatic hydroxyl groups is 1. The van der Waals surface area contributed by atoms with Gasteiger partial charge in [-0.15, -0.1) is 23.1 Å². The molecule has 1 aromatic heterocycles. The van der Waals surface area contributed by atoms with E-state index in [9.17, 15) is 59.1 Å². The van der Waals surface area contributed by atoms with E-state index in [1.807, 2.05) is 116 Å². The van der Waals surface area contributed by atoms with Gasteiger partial charge in [0.05, 0.1) is 58.6 Å². The minimum atomic E-state index is -6.11. The molecule has 5 N–H and O–H groups in total. The molecule has 0 radical (unpaired) electrons. The molecule has 6 heterocycles. The van der Waals surface area contributed by atoms with E-state index in [0.717, 1.165) is 121 Å². The van der Waals surface area contributed by atoms with Crippen molar-refractivity contribution in [3.05, 3.63) is 160 Å². The number of rotatable bonds is 28. The highest BCUT2D eigenvalue weighted by Gasteiger charge is 2.49. The zero-order chi connectivity index (χ0) is 81.3. The number of aromatic nitrogens is 1. The number of aryl methyl sites for hydroxylation is 1. The number of amides is 5. The van der Waals surface area contributed by atoms with Gasteiger partial charge in [-0.05, 0) is 171 Å². The maximum atomic E-state index is 14.5. The fraction of sp³-hybridized carbons (Fsp3) is 0.518. The van der Waals surface area contributed by atoms with Crippen LogP contribution in [0.15, 0.2) is 147 Å². The van der Waals surface area contributed by atoms with Gasteiger partial charge in [0.15, 0.2) is 0 Å². The molecular weight excluding hydrogens is 1560 g/mol. The van der Waals surface area contributed by atoms with Crippen molar-refractivity contribution in [2.75, 3.05) is 140 Å². The number of morpholine rings is 1. The average Bonchev–Trinajstić information content (AvgIpc) is 0.957. The number of alkyl halides is 3. The number of nitrogens with one attached hydrogen (secondary N) is 4. The number of carbonyl (C=O) groups is 5. The number of piperazine rings is 2. The van der Waals surface area contributed by atoms with Gasteiger partial charge in [0.2, 0.25) is 23.6 Å². The molecule has 0 saturated carbocycles. The second-order valence-electron chi connectivity index (χ2n) is 32.6. The van der Waals surface area contributed by atoms with Crippen molar-refractivity contribution in [3.8, 4) is 10.4 Å². The molecule has 6 aromatic rings. The lowest BCUT2D eigenvalue weighted by molar-refractivity contribution is -0.144. The van der Waals surface area contributed by atoms with Gasteiger partial charge in [-0.1, -0.05) is 99.5 Å². The first kappa shape index (κ1) is 85.9. The lowest BCUT2D eigenvalue weighted by Crippen LogP contribution is -2.59. The van der Waals surface area contributed by atoms with Crippen LogP contribution < -0.4 is 25.6 Å². The fourth-order valence-corrected chi connectivity index (χ4v) is 20.3. The number of benzene rings is 5. The number of hydrogen-bond donors (Lipinski definition) is 5. The SMILES string of the molecule is Cc1ncsc1-c1ccc([C@H](C)NC(=O)[C@@H]2C[C@@H](O)CN2C(=O)[C@@H](NC(=O)CN2CCC(CC(=O)N3CCN(CC4(C)CCC(c5ccc(Cl)cc5)=C(CN5CCN(c6ccc(C(=O)NS(=O)(=O)c7ccc(N[C@H](CCN8CCOCC8)CSc8ccccc8)c(S(=O)(=O)C(F)(F)F)c7)cc6)CC5)C4)CC3)CC2)C(C)(C)C)cc1. The third kappa shape index (κ3) is 22.0. The summed E-state index contributed by atoms with van der Waals surface area (Å²) in [5, 5.41) is 20.6. The number of hydrogen-bond acceptors (Lipinski definition) is 20.